The molecule has 0 spiro atoms. The molecular formula is C21H48OSi2. The van der Waals surface area contributed by atoms with Gasteiger partial charge in [0, 0.05) is 6.61 Å². The summed E-state index contributed by atoms with van der Waals surface area (Å²) in [5.41, 5.74) is 2.13. The second kappa shape index (κ2) is 11.9. The molecule has 0 N–H and O–H groups in total. The molecule has 1 nitrogen and oxygen atoms in total. The fourth-order valence-electron chi connectivity index (χ4n) is 4.98. The van der Waals surface area contributed by atoms with Gasteiger partial charge in [0.1, 0.15) is 0 Å². The first-order chi connectivity index (χ1) is 11.2. The molecule has 0 unspecified atom stereocenters. The molecule has 0 bridgehead atoms. The van der Waals surface area contributed by atoms with Gasteiger partial charge in [-0.05, 0) is 23.0 Å². The summed E-state index contributed by atoms with van der Waals surface area (Å²) in [6.07, 6.45) is 5.50. The van der Waals surface area contributed by atoms with Crippen LogP contribution in [0.1, 0.15) is 88.0 Å². The number of hydrogen-bond acceptors (Lipinski definition) is 1. The fourth-order valence-corrected chi connectivity index (χ4v) is 14.0. The summed E-state index contributed by atoms with van der Waals surface area (Å²) in [7, 11) is -2.52. The van der Waals surface area contributed by atoms with Gasteiger partial charge >= 0.3 is 0 Å². The van der Waals surface area contributed by atoms with E-state index >= 15 is 0 Å². The highest BCUT2D eigenvalue weighted by molar-refractivity contribution is 6.79. The van der Waals surface area contributed by atoms with Crippen molar-refractivity contribution in [2.75, 3.05) is 6.61 Å². The highest BCUT2D eigenvalue weighted by Crippen LogP contribution is 2.42. The summed E-state index contributed by atoms with van der Waals surface area (Å²) in [6.45, 7) is 22.6. The summed E-state index contributed by atoms with van der Waals surface area (Å²) in [5, 5.41) is 0. The molecule has 146 valence electrons. The molecule has 0 rings (SSSR count). The predicted octanol–water partition coefficient (Wildman–Crippen LogP) is 8.25. The normalized spacial score (nSPS) is 13.5. The van der Waals surface area contributed by atoms with Crippen LogP contribution >= 0.6 is 0 Å². The topological polar surface area (TPSA) is 9.23 Å². The van der Waals surface area contributed by atoms with Crippen LogP contribution in [0, 0.1) is 0 Å². The molecule has 0 saturated carbocycles. The van der Waals surface area contributed by atoms with Crippen molar-refractivity contribution >= 4 is 16.4 Å². The molecule has 0 aliphatic rings. The molecule has 3 heteroatoms. The van der Waals surface area contributed by atoms with Gasteiger partial charge in [0.15, 0.2) is 8.32 Å². The monoisotopic (exact) mass is 372 g/mol. The molecule has 0 amide bonds. The number of hydrogen-bond donors (Lipinski definition) is 0. The zero-order valence-electron chi connectivity index (χ0n) is 18.5. The van der Waals surface area contributed by atoms with Crippen LogP contribution in [-0.4, -0.2) is 23.0 Å². The van der Waals surface area contributed by atoms with E-state index in [1.807, 2.05) is 0 Å². The van der Waals surface area contributed by atoms with E-state index in [1.54, 1.807) is 6.04 Å². The lowest BCUT2D eigenvalue weighted by Gasteiger charge is -2.42. The molecule has 0 fully saturated rings. The van der Waals surface area contributed by atoms with E-state index < -0.39 is 16.4 Å². The van der Waals surface area contributed by atoms with E-state index in [0.29, 0.717) is 16.6 Å². The average Bonchev–Trinajstić information content (AvgIpc) is 2.53. The third kappa shape index (κ3) is 6.60. The molecule has 0 atom stereocenters. The molecule has 0 aliphatic carbocycles. The van der Waals surface area contributed by atoms with E-state index in [0.717, 1.165) is 6.61 Å². The Morgan fingerprint density at radius 1 is 0.625 bits per heavy atom. The zero-order chi connectivity index (χ0) is 18.8. The Morgan fingerprint density at radius 3 is 1.42 bits per heavy atom. The van der Waals surface area contributed by atoms with Crippen LogP contribution in [0.4, 0.5) is 0 Å². The Kier molecular flexibility index (Phi) is 12.1. The van der Waals surface area contributed by atoms with Gasteiger partial charge in [0.2, 0.25) is 0 Å². The Morgan fingerprint density at radius 2 is 1.04 bits per heavy atom. The smallest absolute Gasteiger partial charge is 0.200 e. The molecule has 0 heterocycles. The van der Waals surface area contributed by atoms with Gasteiger partial charge in [0.05, 0.1) is 8.07 Å². The third-order valence-electron chi connectivity index (χ3n) is 6.91. The third-order valence-corrected chi connectivity index (χ3v) is 18.9. The lowest BCUT2D eigenvalue weighted by molar-refractivity contribution is 0.268. The quantitative estimate of drug-likeness (QED) is 0.220. The first kappa shape index (κ1) is 24.4. The Bertz CT molecular complexity index is 279. The molecular weight excluding hydrogens is 324 g/mol. The van der Waals surface area contributed by atoms with Gasteiger partial charge in [-0.25, -0.2) is 0 Å². The highest BCUT2D eigenvalue weighted by Gasteiger charge is 2.44. The maximum Gasteiger partial charge on any atom is 0.200 e. The van der Waals surface area contributed by atoms with Crippen molar-refractivity contribution in [3.8, 4) is 0 Å². The van der Waals surface area contributed by atoms with Gasteiger partial charge in [-0.2, -0.15) is 0 Å². The van der Waals surface area contributed by atoms with Crippen LogP contribution < -0.4 is 0 Å². The lowest BCUT2D eigenvalue weighted by atomic mass is 10.2. The largest absolute Gasteiger partial charge is 0.416 e. The molecule has 0 aromatic heterocycles. The van der Waals surface area contributed by atoms with Gasteiger partial charge in [-0.1, -0.05) is 106 Å². The van der Waals surface area contributed by atoms with Crippen molar-refractivity contribution in [3.63, 3.8) is 0 Å². The van der Waals surface area contributed by atoms with Gasteiger partial charge in [-0.3, -0.25) is 0 Å². The molecule has 0 aromatic carbocycles. The van der Waals surface area contributed by atoms with Crippen LogP contribution in [0.2, 0.25) is 40.8 Å². The van der Waals surface area contributed by atoms with Crippen molar-refractivity contribution in [1.29, 1.82) is 0 Å². The molecule has 0 saturated heterocycles. The second-order valence-electron chi connectivity index (χ2n) is 8.89. The standard InChI is InChI=1S/C21H48OSi2/c1-10-23(11-2,12-3)18-16-14-13-15-17-22-24(19(4)5,20(6)7)21(8)9/h19-21H,10-18H2,1-9H3. The number of unbranched alkanes of at least 4 members (excludes halogenated alkanes) is 3. The minimum atomic E-state index is -1.64. The average molecular weight is 373 g/mol. The van der Waals surface area contributed by atoms with Crippen LogP contribution in [0.5, 0.6) is 0 Å². The van der Waals surface area contributed by atoms with Crippen molar-refractivity contribution in [2.45, 2.75) is 129 Å². The Labute approximate surface area is 156 Å². The summed E-state index contributed by atoms with van der Waals surface area (Å²) >= 11 is 0. The van der Waals surface area contributed by atoms with Crippen molar-refractivity contribution < 1.29 is 4.43 Å². The number of rotatable bonds is 14. The van der Waals surface area contributed by atoms with Gasteiger partial charge in [0.25, 0.3) is 0 Å². The van der Waals surface area contributed by atoms with Crippen molar-refractivity contribution in [1.82, 2.24) is 0 Å². The van der Waals surface area contributed by atoms with Crippen LogP contribution in [0.25, 0.3) is 0 Å². The summed E-state index contributed by atoms with van der Waals surface area (Å²) in [6, 6.07) is 6.00. The van der Waals surface area contributed by atoms with E-state index in [1.165, 1.54) is 43.8 Å². The van der Waals surface area contributed by atoms with Gasteiger partial charge < -0.3 is 4.43 Å². The lowest BCUT2D eigenvalue weighted by Crippen LogP contribution is -2.47. The first-order valence-electron chi connectivity index (χ1n) is 10.9. The molecule has 0 radical (unpaired) electrons. The van der Waals surface area contributed by atoms with Crippen molar-refractivity contribution in [3.05, 3.63) is 0 Å². The SMILES string of the molecule is CC[Si](CC)(CC)CCCCCCO[Si](C(C)C)(C(C)C)C(C)C. The van der Waals surface area contributed by atoms with E-state index in [9.17, 15) is 0 Å². The minimum Gasteiger partial charge on any atom is -0.416 e. The fraction of sp³-hybridized carbons (Fsp3) is 1.00. The van der Waals surface area contributed by atoms with Crippen LogP contribution in [-0.2, 0) is 4.43 Å². The second-order valence-corrected chi connectivity index (χ2v) is 20.0. The highest BCUT2D eigenvalue weighted by atomic mass is 28.4. The first-order valence-corrected chi connectivity index (χ1v) is 15.8. The van der Waals surface area contributed by atoms with Crippen molar-refractivity contribution in [2.24, 2.45) is 0 Å². The van der Waals surface area contributed by atoms with Crippen LogP contribution in [0.15, 0.2) is 0 Å². The molecule has 0 aliphatic heterocycles. The Hall–Kier alpha value is 0.394. The maximum atomic E-state index is 6.67. The van der Waals surface area contributed by atoms with E-state index in [2.05, 4.69) is 62.3 Å². The maximum absolute atomic E-state index is 6.67. The summed E-state index contributed by atoms with van der Waals surface area (Å²) < 4.78 is 6.67. The molecule has 0 aromatic rings. The Balaban J connectivity index is 4.20. The summed E-state index contributed by atoms with van der Waals surface area (Å²) in [4.78, 5) is 0. The molecule has 24 heavy (non-hydrogen) atoms. The van der Waals surface area contributed by atoms with Gasteiger partial charge in [-0.15, -0.1) is 0 Å². The predicted molar refractivity (Wildman–Crippen MR) is 117 cm³/mol. The minimum absolute atomic E-state index is 0.711. The van der Waals surface area contributed by atoms with Crippen LogP contribution in [0.3, 0.4) is 0 Å². The zero-order valence-corrected chi connectivity index (χ0v) is 20.5. The van der Waals surface area contributed by atoms with E-state index in [4.69, 9.17) is 4.43 Å². The summed E-state index contributed by atoms with van der Waals surface area (Å²) in [5.74, 6) is 0. The van der Waals surface area contributed by atoms with E-state index in [-0.39, 0.29) is 0 Å².